The molecule has 0 saturated carbocycles. The van der Waals surface area contributed by atoms with Gasteiger partial charge in [-0.1, -0.05) is 0 Å². The first-order valence-electron chi connectivity index (χ1n) is 5.63. The Bertz CT molecular complexity index is 448. The summed E-state index contributed by atoms with van der Waals surface area (Å²) >= 11 is 0. The van der Waals surface area contributed by atoms with Crippen LogP contribution in [0.2, 0.25) is 0 Å². The lowest BCUT2D eigenvalue weighted by Gasteiger charge is -2.18. The summed E-state index contributed by atoms with van der Waals surface area (Å²) in [6, 6.07) is 2.55. The maximum Gasteiger partial charge on any atom is 0.319 e. The summed E-state index contributed by atoms with van der Waals surface area (Å²) in [4.78, 5) is 26.5. The molecule has 0 aromatic carbocycles. The molecule has 2 amide bonds. The van der Waals surface area contributed by atoms with Gasteiger partial charge in [-0.2, -0.15) is 0 Å². The van der Waals surface area contributed by atoms with E-state index in [0.717, 1.165) is 0 Å². The van der Waals surface area contributed by atoms with E-state index in [2.05, 4.69) is 15.6 Å². The van der Waals surface area contributed by atoms with Gasteiger partial charge in [0.1, 0.15) is 0 Å². The topological polar surface area (TPSA) is 91.3 Å². The Hall–Kier alpha value is -2.11. The fourth-order valence-electron chi connectivity index (χ4n) is 1.32. The second kappa shape index (κ2) is 6.00. The summed E-state index contributed by atoms with van der Waals surface area (Å²) in [5.41, 5.74) is 1.30. The summed E-state index contributed by atoms with van der Waals surface area (Å²) in [6.45, 7) is 4.97. The lowest BCUT2D eigenvalue weighted by Crippen LogP contribution is -2.42. The van der Waals surface area contributed by atoms with Crippen molar-refractivity contribution in [2.45, 2.75) is 26.8 Å². The molecule has 0 aliphatic carbocycles. The maximum absolute atomic E-state index is 11.7. The number of carbonyl (C=O) groups is 2. The minimum Gasteiger partial charge on any atom is -0.481 e. The number of anilines is 1. The SMILES string of the molecule is Cc1ncccc1NC(=O)NC(C)C(C)C(=O)O. The minimum absolute atomic E-state index is 0.438. The predicted molar refractivity (Wildman–Crippen MR) is 67.4 cm³/mol. The van der Waals surface area contributed by atoms with Gasteiger partial charge >= 0.3 is 12.0 Å². The maximum atomic E-state index is 11.7. The highest BCUT2D eigenvalue weighted by Crippen LogP contribution is 2.10. The molecule has 2 unspecified atom stereocenters. The molecular weight excluding hydrogens is 234 g/mol. The van der Waals surface area contributed by atoms with Gasteiger partial charge in [-0.05, 0) is 32.9 Å². The van der Waals surface area contributed by atoms with Gasteiger partial charge in [0, 0.05) is 12.2 Å². The Morgan fingerprint density at radius 1 is 1.39 bits per heavy atom. The van der Waals surface area contributed by atoms with Gasteiger partial charge in [0.25, 0.3) is 0 Å². The molecular formula is C12H17N3O3. The zero-order valence-corrected chi connectivity index (χ0v) is 10.6. The smallest absolute Gasteiger partial charge is 0.319 e. The third kappa shape index (κ3) is 3.73. The van der Waals surface area contributed by atoms with Crippen LogP contribution >= 0.6 is 0 Å². The van der Waals surface area contributed by atoms with E-state index in [0.29, 0.717) is 11.4 Å². The highest BCUT2D eigenvalue weighted by molar-refractivity contribution is 5.90. The number of aryl methyl sites for hydroxylation is 1. The molecule has 3 N–H and O–H groups in total. The third-order valence-electron chi connectivity index (χ3n) is 2.75. The number of hydrogen-bond acceptors (Lipinski definition) is 3. The Kier molecular flexibility index (Phi) is 4.65. The van der Waals surface area contributed by atoms with Crippen molar-refractivity contribution in [1.29, 1.82) is 0 Å². The van der Waals surface area contributed by atoms with E-state index in [1.54, 1.807) is 39.1 Å². The summed E-state index contributed by atoms with van der Waals surface area (Å²) in [7, 11) is 0. The van der Waals surface area contributed by atoms with Crippen molar-refractivity contribution < 1.29 is 14.7 Å². The molecule has 0 spiro atoms. The first-order chi connectivity index (χ1) is 8.41. The van der Waals surface area contributed by atoms with Crippen LogP contribution < -0.4 is 10.6 Å². The van der Waals surface area contributed by atoms with Crippen LogP contribution in [-0.4, -0.2) is 28.1 Å². The zero-order chi connectivity index (χ0) is 13.7. The van der Waals surface area contributed by atoms with Crippen LogP contribution in [0, 0.1) is 12.8 Å². The van der Waals surface area contributed by atoms with Gasteiger partial charge in [0.15, 0.2) is 0 Å². The minimum atomic E-state index is -0.944. The average Bonchev–Trinajstić information content (AvgIpc) is 2.30. The number of urea groups is 1. The normalized spacial score (nSPS) is 13.5. The van der Waals surface area contributed by atoms with Crippen LogP contribution in [0.1, 0.15) is 19.5 Å². The molecule has 1 aromatic rings. The van der Waals surface area contributed by atoms with Crippen molar-refractivity contribution in [1.82, 2.24) is 10.3 Å². The molecule has 1 rings (SSSR count). The van der Waals surface area contributed by atoms with Gasteiger partial charge in [-0.3, -0.25) is 9.78 Å². The van der Waals surface area contributed by atoms with Crippen molar-refractivity contribution in [3.63, 3.8) is 0 Å². The first-order valence-corrected chi connectivity index (χ1v) is 5.63. The molecule has 18 heavy (non-hydrogen) atoms. The number of nitrogens with one attached hydrogen (secondary N) is 2. The van der Waals surface area contributed by atoms with Gasteiger partial charge in [-0.15, -0.1) is 0 Å². The van der Waals surface area contributed by atoms with Crippen LogP contribution in [0.4, 0.5) is 10.5 Å². The number of nitrogens with zero attached hydrogens (tertiary/aromatic N) is 1. The number of hydrogen-bond donors (Lipinski definition) is 3. The number of carboxylic acid groups (broad SMARTS) is 1. The van der Waals surface area contributed by atoms with Crippen LogP contribution in [-0.2, 0) is 4.79 Å². The van der Waals surface area contributed by atoms with Gasteiger partial charge < -0.3 is 15.7 Å². The van der Waals surface area contributed by atoms with Crippen LogP contribution in [0.25, 0.3) is 0 Å². The molecule has 0 aliphatic rings. The van der Waals surface area contributed by atoms with E-state index in [1.807, 2.05) is 0 Å². The van der Waals surface area contributed by atoms with Crippen molar-refractivity contribution in [3.8, 4) is 0 Å². The highest BCUT2D eigenvalue weighted by Gasteiger charge is 2.21. The van der Waals surface area contributed by atoms with E-state index in [1.165, 1.54) is 0 Å². The lowest BCUT2D eigenvalue weighted by atomic mass is 10.0. The summed E-state index contributed by atoms with van der Waals surface area (Å²) in [6.07, 6.45) is 1.63. The third-order valence-corrected chi connectivity index (χ3v) is 2.75. The molecule has 0 saturated heterocycles. The van der Waals surface area contributed by atoms with Crippen LogP contribution in [0.15, 0.2) is 18.3 Å². The van der Waals surface area contributed by atoms with Gasteiger partial charge in [-0.25, -0.2) is 4.79 Å². The number of aliphatic carboxylic acids is 1. The average molecular weight is 251 g/mol. The Labute approximate surface area is 105 Å². The number of aromatic nitrogens is 1. The molecule has 6 heteroatoms. The fourth-order valence-corrected chi connectivity index (χ4v) is 1.32. The summed E-state index contributed by atoms with van der Waals surface area (Å²) < 4.78 is 0. The fraction of sp³-hybridized carbons (Fsp3) is 0.417. The number of carbonyl (C=O) groups excluding carboxylic acids is 1. The monoisotopic (exact) mass is 251 g/mol. The zero-order valence-electron chi connectivity index (χ0n) is 10.6. The quantitative estimate of drug-likeness (QED) is 0.758. The van der Waals surface area contributed by atoms with E-state index >= 15 is 0 Å². The van der Waals surface area contributed by atoms with Crippen LogP contribution in [0.3, 0.4) is 0 Å². The van der Waals surface area contributed by atoms with Crippen molar-refractivity contribution in [3.05, 3.63) is 24.0 Å². The van der Waals surface area contributed by atoms with Crippen LogP contribution in [0.5, 0.6) is 0 Å². The molecule has 0 fully saturated rings. The first kappa shape index (κ1) is 14.0. The van der Waals surface area contributed by atoms with Gasteiger partial charge in [0.05, 0.1) is 17.3 Å². The lowest BCUT2D eigenvalue weighted by molar-refractivity contribution is -0.141. The molecule has 1 heterocycles. The molecule has 98 valence electrons. The number of amides is 2. The molecule has 1 aromatic heterocycles. The molecule has 0 bridgehead atoms. The van der Waals surface area contributed by atoms with E-state index < -0.39 is 24.0 Å². The second-order valence-electron chi connectivity index (χ2n) is 4.15. The Morgan fingerprint density at radius 3 is 2.61 bits per heavy atom. The Morgan fingerprint density at radius 2 is 2.06 bits per heavy atom. The molecule has 6 nitrogen and oxygen atoms in total. The Balaban J connectivity index is 2.57. The van der Waals surface area contributed by atoms with Crippen molar-refractivity contribution in [2.24, 2.45) is 5.92 Å². The molecule has 0 radical (unpaired) electrons. The number of rotatable bonds is 4. The van der Waals surface area contributed by atoms with Crippen molar-refractivity contribution in [2.75, 3.05) is 5.32 Å². The second-order valence-corrected chi connectivity index (χ2v) is 4.15. The number of carboxylic acids is 1. The van der Waals surface area contributed by atoms with E-state index in [-0.39, 0.29) is 0 Å². The van der Waals surface area contributed by atoms with Crippen molar-refractivity contribution >= 4 is 17.7 Å². The highest BCUT2D eigenvalue weighted by atomic mass is 16.4. The molecule has 0 aliphatic heterocycles. The number of pyridine rings is 1. The van der Waals surface area contributed by atoms with E-state index in [4.69, 9.17) is 5.11 Å². The van der Waals surface area contributed by atoms with E-state index in [9.17, 15) is 9.59 Å². The molecule has 2 atom stereocenters. The summed E-state index contributed by atoms with van der Waals surface area (Å²) in [5.74, 6) is -1.59. The summed E-state index contributed by atoms with van der Waals surface area (Å²) in [5, 5.41) is 14.0. The van der Waals surface area contributed by atoms with Gasteiger partial charge in [0.2, 0.25) is 0 Å². The standard InChI is InChI=1S/C12H17N3O3/c1-7(11(16)17)8(2)14-12(18)15-10-5-4-6-13-9(10)3/h4-8H,1-3H3,(H,16,17)(H2,14,15,18). The largest absolute Gasteiger partial charge is 0.481 e. The predicted octanol–water partition coefficient (Wildman–Crippen LogP) is 1.62.